The minimum Gasteiger partial charge on any atom is -0.404 e. The van der Waals surface area contributed by atoms with Crippen molar-refractivity contribution in [2.45, 2.75) is 71.5 Å². The average Bonchev–Trinajstić information content (AvgIpc) is 2.90. The first-order chi connectivity index (χ1) is 11.8. The molecule has 4 heteroatoms. The summed E-state index contributed by atoms with van der Waals surface area (Å²) in [5, 5.41) is 3.46. The Bertz CT molecular complexity index is 676. The summed E-state index contributed by atoms with van der Waals surface area (Å²) in [5.41, 5.74) is 4.32. The molecule has 0 spiro atoms. The predicted molar refractivity (Wildman–Crippen MR) is 103 cm³/mol. The van der Waals surface area contributed by atoms with E-state index >= 15 is 0 Å². The van der Waals surface area contributed by atoms with Gasteiger partial charge in [-0.3, -0.25) is 0 Å². The number of hydrogen-bond acceptors (Lipinski definition) is 3. The maximum absolute atomic E-state index is 6.64. The minimum atomic E-state index is -0.157. The molecule has 1 aromatic rings. The number of rotatable bonds is 4. The Hall–Kier alpha value is -0.835. The van der Waals surface area contributed by atoms with Gasteiger partial charge in [-0.25, -0.2) is 0 Å². The molecule has 5 rings (SSSR count). The first kappa shape index (κ1) is 17.6. The number of aryl methyl sites for hydroxylation is 2. The zero-order valence-corrected chi connectivity index (χ0v) is 16.6. The molecule has 0 unspecified atom stereocenters. The van der Waals surface area contributed by atoms with Crippen molar-refractivity contribution in [1.29, 1.82) is 0 Å². The van der Waals surface area contributed by atoms with Crippen molar-refractivity contribution in [3.63, 3.8) is 0 Å². The predicted octanol–water partition coefficient (Wildman–Crippen LogP) is 3.70. The first-order valence-corrected chi connectivity index (χ1v) is 9.82. The van der Waals surface area contributed by atoms with Crippen molar-refractivity contribution in [3.05, 3.63) is 34.9 Å². The van der Waals surface area contributed by atoms with E-state index in [-0.39, 0.29) is 24.8 Å². The van der Waals surface area contributed by atoms with Gasteiger partial charge >= 0.3 is 7.12 Å². The van der Waals surface area contributed by atoms with E-state index in [2.05, 4.69) is 58.1 Å². The monoisotopic (exact) mass is 341 g/mol. The molecule has 3 saturated carbocycles. The quantitative estimate of drug-likeness (QED) is 0.847. The molecule has 4 aliphatic rings. The van der Waals surface area contributed by atoms with Crippen LogP contribution in [0.25, 0.3) is 0 Å². The Balaban J connectivity index is 1.52. The van der Waals surface area contributed by atoms with Crippen LogP contribution < -0.4 is 5.32 Å². The molecule has 0 radical (unpaired) electrons. The van der Waals surface area contributed by atoms with Crippen LogP contribution in [0.3, 0.4) is 0 Å². The fourth-order valence-corrected chi connectivity index (χ4v) is 5.72. The van der Waals surface area contributed by atoms with Gasteiger partial charge in [-0.05, 0) is 75.5 Å². The summed E-state index contributed by atoms with van der Waals surface area (Å²) in [5.74, 6) is 1.60. The zero-order valence-electron chi connectivity index (χ0n) is 16.6. The smallest absolute Gasteiger partial charge is 0.404 e. The Morgan fingerprint density at radius 1 is 1.24 bits per heavy atom. The third kappa shape index (κ3) is 2.60. The second kappa shape index (κ2) is 5.83. The summed E-state index contributed by atoms with van der Waals surface area (Å²) >= 11 is 0. The highest BCUT2D eigenvalue weighted by atomic mass is 16.7. The number of benzene rings is 1. The molecule has 1 N–H and O–H groups in total. The van der Waals surface area contributed by atoms with E-state index in [1.807, 2.05) is 7.05 Å². The van der Waals surface area contributed by atoms with Gasteiger partial charge in [0.2, 0.25) is 0 Å². The van der Waals surface area contributed by atoms with Gasteiger partial charge in [0.15, 0.2) is 0 Å². The zero-order chi connectivity index (χ0) is 18.0. The van der Waals surface area contributed by atoms with Gasteiger partial charge in [0.05, 0.1) is 11.7 Å². The highest BCUT2D eigenvalue weighted by Crippen LogP contribution is 2.65. The summed E-state index contributed by atoms with van der Waals surface area (Å²) in [7, 11) is 1.87. The van der Waals surface area contributed by atoms with Crippen LogP contribution >= 0.6 is 0 Å². The largest absolute Gasteiger partial charge is 0.476 e. The SMILES string of the molecule is CN[C@@H](Cc1ccc(C)cc1C)B1O[C@@H]2C[C@@H]3C[C@@H](C3(C)C)[C@]2(C)O1. The molecule has 1 heterocycles. The summed E-state index contributed by atoms with van der Waals surface area (Å²) in [6.07, 6.45) is 3.64. The lowest BCUT2D eigenvalue weighted by Crippen LogP contribution is -2.65. The molecular weight excluding hydrogens is 309 g/mol. The Labute approximate surface area is 153 Å². The van der Waals surface area contributed by atoms with Crippen LogP contribution in [-0.2, 0) is 15.7 Å². The highest BCUT2D eigenvalue weighted by Gasteiger charge is 2.68. The van der Waals surface area contributed by atoms with E-state index in [0.29, 0.717) is 11.3 Å². The molecule has 1 aromatic carbocycles. The Morgan fingerprint density at radius 3 is 2.64 bits per heavy atom. The van der Waals surface area contributed by atoms with Crippen LogP contribution in [0.2, 0.25) is 0 Å². The molecule has 25 heavy (non-hydrogen) atoms. The lowest BCUT2D eigenvalue weighted by atomic mass is 9.43. The standard InChI is InChI=1S/C21H32BNO2/c1-13-7-8-15(14(2)9-13)10-19(23-6)22-24-18-12-16-11-17(20(16,3)4)21(18,5)25-22/h7-9,16-19,23H,10-12H2,1-6H3/t16-,17-,18+,19-,21-/m0/s1. The molecule has 1 saturated heterocycles. The lowest BCUT2D eigenvalue weighted by Gasteiger charge is -2.64. The van der Waals surface area contributed by atoms with E-state index in [1.165, 1.54) is 23.1 Å². The summed E-state index contributed by atoms with van der Waals surface area (Å²) in [4.78, 5) is 0. The molecular formula is C21H32BNO2. The van der Waals surface area contributed by atoms with Crippen molar-refractivity contribution < 1.29 is 9.31 Å². The van der Waals surface area contributed by atoms with Crippen molar-refractivity contribution in [1.82, 2.24) is 5.32 Å². The van der Waals surface area contributed by atoms with Gasteiger partial charge in [-0.15, -0.1) is 0 Å². The van der Waals surface area contributed by atoms with Crippen LogP contribution in [0, 0.1) is 31.1 Å². The number of hydrogen-bond donors (Lipinski definition) is 1. The van der Waals surface area contributed by atoms with E-state index < -0.39 is 0 Å². The molecule has 136 valence electrons. The number of nitrogens with one attached hydrogen (secondary N) is 1. The van der Waals surface area contributed by atoms with Gasteiger partial charge in [-0.1, -0.05) is 37.6 Å². The second-order valence-corrected chi connectivity index (χ2v) is 9.37. The molecule has 2 bridgehead atoms. The van der Waals surface area contributed by atoms with Crippen molar-refractivity contribution in [2.75, 3.05) is 7.05 Å². The van der Waals surface area contributed by atoms with Gasteiger partial charge in [0.1, 0.15) is 0 Å². The van der Waals surface area contributed by atoms with Crippen LogP contribution in [-0.4, -0.2) is 31.8 Å². The summed E-state index contributed by atoms with van der Waals surface area (Å²) in [6.45, 7) is 11.5. The maximum Gasteiger partial charge on any atom is 0.476 e. The van der Waals surface area contributed by atoms with Crippen LogP contribution in [0.5, 0.6) is 0 Å². The minimum absolute atomic E-state index is 0.125. The number of likely N-dealkylation sites (N-methyl/N-ethyl adjacent to an activating group) is 1. The summed E-state index contributed by atoms with van der Waals surface area (Å²) in [6, 6.07) is 6.71. The van der Waals surface area contributed by atoms with E-state index in [1.54, 1.807) is 0 Å². The third-order valence-electron chi connectivity index (χ3n) is 7.61. The lowest BCUT2D eigenvalue weighted by molar-refractivity contribution is -0.199. The van der Waals surface area contributed by atoms with Gasteiger partial charge in [0, 0.05) is 5.94 Å². The van der Waals surface area contributed by atoms with Crippen LogP contribution in [0.1, 0.15) is 50.3 Å². The molecule has 5 atom stereocenters. The fourth-order valence-electron chi connectivity index (χ4n) is 5.72. The van der Waals surface area contributed by atoms with E-state index in [0.717, 1.165) is 18.8 Å². The summed E-state index contributed by atoms with van der Waals surface area (Å²) < 4.78 is 13.1. The molecule has 1 aliphatic heterocycles. The highest BCUT2D eigenvalue weighted by molar-refractivity contribution is 6.47. The second-order valence-electron chi connectivity index (χ2n) is 9.37. The van der Waals surface area contributed by atoms with E-state index in [4.69, 9.17) is 9.31 Å². The van der Waals surface area contributed by atoms with Gasteiger partial charge in [-0.2, -0.15) is 0 Å². The van der Waals surface area contributed by atoms with Gasteiger partial charge < -0.3 is 14.6 Å². The Kier molecular flexibility index (Phi) is 4.10. The van der Waals surface area contributed by atoms with Crippen molar-refractivity contribution in [3.8, 4) is 0 Å². The van der Waals surface area contributed by atoms with E-state index in [9.17, 15) is 0 Å². The topological polar surface area (TPSA) is 30.5 Å². The van der Waals surface area contributed by atoms with Crippen LogP contribution in [0.15, 0.2) is 18.2 Å². The normalized spacial score (nSPS) is 36.7. The van der Waals surface area contributed by atoms with Crippen molar-refractivity contribution >= 4 is 7.12 Å². The molecule has 4 fully saturated rings. The van der Waals surface area contributed by atoms with Gasteiger partial charge in [0.25, 0.3) is 0 Å². The molecule has 3 aliphatic carbocycles. The average molecular weight is 341 g/mol. The molecule has 3 nitrogen and oxygen atoms in total. The van der Waals surface area contributed by atoms with Crippen molar-refractivity contribution in [2.24, 2.45) is 17.3 Å². The fraction of sp³-hybridized carbons (Fsp3) is 0.714. The van der Waals surface area contributed by atoms with Crippen LogP contribution in [0.4, 0.5) is 0 Å². The third-order valence-corrected chi connectivity index (χ3v) is 7.61. The molecule has 0 amide bonds. The maximum atomic E-state index is 6.64. The Morgan fingerprint density at radius 2 is 2.00 bits per heavy atom. The molecule has 0 aromatic heterocycles. The first-order valence-electron chi connectivity index (χ1n) is 9.82.